The van der Waals surface area contributed by atoms with Gasteiger partial charge in [0, 0.05) is 30.3 Å². The van der Waals surface area contributed by atoms with Gasteiger partial charge >= 0.3 is 5.97 Å². The number of hydrogen-bond acceptors (Lipinski definition) is 4. The summed E-state index contributed by atoms with van der Waals surface area (Å²) in [6.45, 7) is 0.990. The van der Waals surface area contributed by atoms with Crippen molar-refractivity contribution in [2.45, 2.75) is 25.3 Å². The fourth-order valence-corrected chi connectivity index (χ4v) is 3.11. The summed E-state index contributed by atoms with van der Waals surface area (Å²) in [5.41, 5.74) is 1.09. The van der Waals surface area contributed by atoms with Crippen LogP contribution in [0.2, 0.25) is 0 Å². The average Bonchev–Trinajstić information content (AvgIpc) is 3.35. The Labute approximate surface area is 134 Å². The van der Waals surface area contributed by atoms with Crippen LogP contribution in [0.15, 0.2) is 36.4 Å². The third kappa shape index (κ3) is 2.91. The van der Waals surface area contributed by atoms with Gasteiger partial charge in [-0.05, 0) is 25.0 Å². The molecule has 1 aliphatic carbocycles. The van der Waals surface area contributed by atoms with Gasteiger partial charge in [0.25, 0.3) is 0 Å². The summed E-state index contributed by atoms with van der Waals surface area (Å²) in [4.78, 5) is 30.3. The van der Waals surface area contributed by atoms with Crippen LogP contribution in [0, 0.1) is 5.92 Å². The predicted molar refractivity (Wildman–Crippen MR) is 84.9 cm³/mol. The number of amides is 1. The maximum atomic E-state index is 12.2. The van der Waals surface area contributed by atoms with Crippen molar-refractivity contribution in [1.82, 2.24) is 9.88 Å². The maximum Gasteiger partial charge on any atom is 0.356 e. The smallest absolute Gasteiger partial charge is 0.356 e. The number of carbonyl (C=O) groups is 2. The molecule has 1 aromatic heterocycles. The van der Waals surface area contributed by atoms with E-state index in [4.69, 9.17) is 4.74 Å². The monoisotopic (exact) mass is 310 g/mol. The lowest BCUT2D eigenvalue weighted by Gasteiger charge is -2.15. The Balaban J connectivity index is 1.38. The van der Waals surface area contributed by atoms with Crippen LogP contribution in [0.5, 0.6) is 0 Å². The summed E-state index contributed by atoms with van der Waals surface area (Å²) in [6, 6.07) is 11.6. The zero-order valence-corrected chi connectivity index (χ0v) is 12.8. The molecule has 0 N–H and O–H groups in total. The number of carbonyl (C=O) groups excluding carboxylic acids is 2. The summed E-state index contributed by atoms with van der Waals surface area (Å²) in [5.74, 6) is -0.127. The Hall–Kier alpha value is -2.43. The van der Waals surface area contributed by atoms with Crippen LogP contribution in [0.1, 0.15) is 29.8 Å². The van der Waals surface area contributed by atoms with Crippen LogP contribution < -0.4 is 0 Å². The van der Waals surface area contributed by atoms with Crippen LogP contribution in [0.4, 0.5) is 0 Å². The molecule has 118 valence electrons. The summed E-state index contributed by atoms with van der Waals surface area (Å²) in [6.07, 6.45) is 2.70. The van der Waals surface area contributed by atoms with Gasteiger partial charge in [-0.25, -0.2) is 9.78 Å². The Kier molecular flexibility index (Phi) is 3.48. The molecule has 4 rings (SSSR count). The molecular formula is C18H18N2O3. The van der Waals surface area contributed by atoms with E-state index in [2.05, 4.69) is 4.98 Å². The molecule has 2 aliphatic rings. The number of ether oxygens (including phenoxy) is 1. The molecule has 5 heteroatoms. The van der Waals surface area contributed by atoms with Crippen molar-refractivity contribution in [3.05, 3.63) is 42.1 Å². The first-order valence-corrected chi connectivity index (χ1v) is 8.03. The first-order chi connectivity index (χ1) is 11.2. The SMILES string of the molecule is O=C(OCC1CC(=O)N(C2CC2)C1)c1ccc2ccccc2n1. The first-order valence-electron chi connectivity index (χ1n) is 8.03. The Morgan fingerprint density at radius 1 is 1.22 bits per heavy atom. The summed E-state index contributed by atoms with van der Waals surface area (Å²) >= 11 is 0. The van der Waals surface area contributed by atoms with Gasteiger partial charge in [0.1, 0.15) is 5.69 Å². The molecule has 5 nitrogen and oxygen atoms in total. The minimum Gasteiger partial charge on any atom is -0.461 e. The fraction of sp³-hybridized carbons (Fsp3) is 0.389. The highest BCUT2D eigenvalue weighted by atomic mass is 16.5. The number of benzene rings is 1. The fourth-order valence-electron chi connectivity index (χ4n) is 3.11. The van der Waals surface area contributed by atoms with Gasteiger partial charge in [-0.1, -0.05) is 24.3 Å². The van der Waals surface area contributed by atoms with Crippen LogP contribution in [-0.4, -0.2) is 41.0 Å². The van der Waals surface area contributed by atoms with Crippen LogP contribution in [-0.2, 0) is 9.53 Å². The van der Waals surface area contributed by atoms with E-state index >= 15 is 0 Å². The molecule has 0 radical (unpaired) electrons. The third-order valence-corrected chi connectivity index (χ3v) is 4.48. The molecule has 23 heavy (non-hydrogen) atoms. The van der Waals surface area contributed by atoms with Crippen LogP contribution >= 0.6 is 0 Å². The van der Waals surface area contributed by atoms with E-state index < -0.39 is 5.97 Å². The molecule has 1 saturated carbocycles. The van der Waals surface area contributed by atoms with Gasteiger partial charge in [-0.3, -0.25) is 4.79 Å². The van der Waals surface area contributed by atoms with Crippen LogP contribution in [0.25, 0.3) is 10.9 Å². The molecule has 1 unspecified atom stereocenters. The number of likely N-dealkylation sites (tertiary alicyclic amines) is 1. The third-order valence-electron chi connectivity index (χ3n) is 4.48. The van der Waals surface area contributed by atoms with Crippen molar-refractivity contribution in [3.8, 4) is 0 Å². The molecule has 1 saturated heterocycles. The highest BCUT2D eigenvalue weighted by Gasteiger charge is 2.39. The van der Waals surface area contributed by atoms with Crippen molar-refractivity contribution in [1.29, 1.82) is 0 Å². The van der Waals surface area contributed by atoms with Crippen LogP contribution in [0.3, 0.4) is 0 Å². The van der Waals surface area contributed by atoms with E-state index in [9.17, 15) is 9.59 Å². The Bertz CT molecular complexity index is 770. The van der Waals surface area contributed by atoms with Crippen molar-refractivity contribution in [3.63, 3.8) is 0 Å². The van der Waals surface area contributed by atoms with Crippen molar-refractivity contribution in [2.24, 2.45) is 5.92 Å². The number of fused-ring (bicyclic) bond motifs is 1. The molecule has 1 amide bonds. The topological polar surface area (TPSA) is 59.5 Å². The van der Waals surface area contributed by atoms with Gasteiger partial charge in [-0.15, -0.1) is 0 Å². The molecule has 2 heterocycles. The lowest BCUT2D eigenvalue weighted by Crippen LogP contribution is -2.28. The lowest BCUT2D eigenvalue weighted by atomic mass is 10.1. The Morgan fingerprint density at radius 3 is 2.87 bits per heavy atom. The number of pyridine rings is 1. The molecule has 0 bridgehead atoms. The van der Waals surface area contributed by atoms with Crippen molar-refractivity contribution < 1.29 is 14.3 Å². The molecule has 1 atom stereocenters. The highest BCUT2D eigenvalue weighted by molar-refractivity contribution is 5.91. The Morgan fingerprint density at radius 2 is 2.04 bits per heavy atom. The second-order valence-electron chi connectivity index (χ2n) is 6.34. The minimum absolute atomic E-state index is 0.104. The first kappa shape index (κ1) is 14.2. The molecule has 1 aliphatic heterocycles. The number of nitrogens with zero attached hydrogens (tertiary/aromatic N) is 2. The van der Waals surface area contributed by atoms with E-state index in [1.807, 2.05) is 35.2 Å². The van der Waals surface area contributed by atoms with Gasteiger partial charge < -0.3 is 9.64 Å². The minimum atomic E-state index is -0.423. The quantitative estimate of drug-likeness (QED) is 0.814. The van der Waals surface area contributed by atoms with Crippen molar-refractivity contribution in [2.75, 3.05) is 13.2 Å². The van der Waals surface area contributed by atoms with E-state index in [0.29, 0.717) is 24.7 Å². The zero-order valence-electron chi connectivity index (χ0n) is 12.8. The van der Waals surface area contributed by atoms with E-state index in [1.165, 1.54) is 0 Å². The lowest BCUT2D eigenvalue weighted by molar-refractivity contribution is -0.128. The van der Waals surface area contributed by atoms with E-state index in [-0.39, 0.29) is 18.4 Å². The molecule has 0 spiro atoms. The summed E-state index contributed by atoms with van der Waals surface area (Å²) in [5, 5.41) is 0.991. The normalized spacial score (nSPS) is 21.0. The molecule has 2 fully saturated rings. The highest BCUT2D eigenvalue weighted by Crippen LogP contribution is 2.32. The number of aromatic nitrogens is 1. The number of rotatable bonds is 4. The zero-order chi connectivity index (χ0) is 15.8. The number of esters is 1. The standard InChI is InChI=1S/C18H18N2O3/c21-17-9-12(10-20(17)14-6-7-14)11-23-18(22)16-8-5-13-3-1-2-4-15(13)19-16/h1-5,8,12,14H,6-7,9-11H2. The van der Waals surface area contributed by atoms with E-state index in [1.54, 1.807) is 6.07 Å². The summed E-state index contributed by atoms with van der Waals surface area (Å²) in [7, 11) is 0. The van der Waals surface area contributed by atoms with Gasteiger partial charge in [0.05, 0.1) is 12.1 Å². The second-order valence-corrected chi connectivity index (χ2v) is 6.34. The number of para-hydroxylation sites is 1. The predicted octanol–water partition coefficient (Wildman–Crippen LogP) is 2.40. The second kappa shape index (κ2) is 5.65. The maximum absolute atomic E-state index is 12.2. The van der Waals surface area contributed by atoms with Gasteiger partial charge in [0.15, 0.2) is 0 Å². The van der Waals surface area contributed by atoms with Crippen molar-refractivity contribution >= 4 is 22.8 Å². The average molecular weight is 310 g/mol. The molecule has 2 aromatic rings. The summed E-state index contributed by atoms with van der Waals surface area (Å²) < 4.78 is 5.38. The molecular weight excluding hydrogens is 292 g/mol. The largest absolute Gasteiger partial charge is 0.461 e. The molecule has 1 aromatic carbocycles. The number of hydrogen-bond donors (Lipinski definition) is 0. The van der Waals surface area contributed by atoms with Gasteiger partial charge in [-0.2, -0.15) is 0 Å². The van der Waals surface area contributed by atoms with Gasteiger partial charge in [0.2, 0.25) is 5.91 Å². The van der Waals surface area contributed by atoms with E-state index in [0.717, 1.165) is 23.7 Å².